The van der Waals surface area contributed by atoms with E-state index in [0.29, 0.717) is 19.6 Å². The third-order valence-corrected chi connectivity index (χ3v) is 2.93. The Hall–Kier alpha value is -2.04. The molecule has 21 heavy (non-hydrogen) atoms. The van der Waals surface area contributed by atoms with Gasteiger partial charge in [-0.25, -0.2) is 0 Å². The topological polar surface area (TPSA) is 64.6 Å². The third-order valence-electron chi connectivity index (χ3n) is 2.93. The van der Waals surface area contributed by atoms with Gasteiger partial charge < -0.3 is 14.8 Å². The van der Waals surface area contributed by atoms with Crippen molar-refractivity contribution in [1.82, 2.24) is 5.32 Å². The van der Waals surface area contributed by atoms with Crippen molar-refractivity contribution < 1.29 is 19.1 Å². The van der Waals surface area contributed by atoms with Crippen LogP contribution in [0.3, 0.4) is 0 Å². The molecule has 1 unspecified atom stereocenters. The van der Waals surface area contributed by atoms with E-state index in [1.54, 1.807) is 13.8 Å². The van der Waals surface area contributed by atoms with Gasteiger partial charge in [-0.05, 0) is 31.5 Å². The highest BCUT2D eigenvalue weighted by Gasteiger charge is 2.18. The number of carbonyl (C=O) groups excluding carboxylic acids is 2. The molecule has 116 valence electrons. The monoisotopic (exact) mass is 293 g/mol. The maximum atomic E-state index is 11.7. The number of amides is 1. The molecule has 0 heterocycles. The van der Waals surface area contributed by atoms with E-state index in [4.69, 9.17) is 9.47 Å². The Kier molecular flexibility index (Phi) is 7.29. The summed E-state index contributed by atoms with van der Waals surface area (Å²) in [7, 11) is 0. The molecule has 0 fully saturated rings. The molecule has 1 amide bonds. The van der Waals surface area contributed by atoms with Crippen molar-refractivity contribution in [3.8, 4) is 5.75 Å². The number of hydrogen-bond donors (Lipinski definition) is 1. The SMILES string of the molecule is CCOC(=O)CC(NC(=O)CC)c1ccc(OCC)cc1. The van der Waals surface area contributed by atoms with E-state index in [2.05, 4.69) is 5.32 Å². The summed E-state index contributed by atoms with van der Waals surface area (Å²) >= 11 is 0. The molecule has 1 N–H and O–H groups in total. The molecule has 0 aliphatic rings. The van der Waals surface area contributed by atoms with Crippen LogP contribution in [0.2, 0.25) is 0 Å². The Balaban J connectivity index is 2.83. The highest BCUT2D eigenvalue weighted by atomic mass is 16.5. The Labute approximate surface area is 125 Å². The van der Waals surface area contributed by atoms with Crippen LogP contribution in [-0.4, -0.2) is 25.1 Å². The molecule has 1 rings (SSSR count). The van der Waals surface area contributed by atoms with E-state index in [-0.39, 0.29) is 24.3 Å². The normalized spacial score (nSPS) is 11.6. The van der Waals surface area contributed by atoms with Crippen molar-refractivity contribution in [1.29, 1.82) is 0 Å². The number of carbonyl (C=O) groups is 2. The second kappa shape index (κ2) is 9.00. The number of nitrogens with one attached hydrogen (secondary N) is 1. The molecular formula is C16H23NO4. The van der Waals surface area contributed by atoms with Gasteiger partial charge in [-0.2, -0.15) is 0 Å². The predicted octanol–water partition coefficient (Wildman–Crippen LogP) is 2.61. The minimum atomic E-state index is -0.382. The van der Waals surface area contributed by atoms with Crippen molar-refractivity contribution in [2.75, 3.05) is 13.2 Å². The zero-order chi connectivity index (χ0) is 15.7. The summed E-state index contributed by atoms with van der Waals surface area (Å²) in [5.74, 6) is 0.337. The molecule has 0 aliphatic heterocycles. The average molecular weight is 293 g/mol. The Morgan fingerprint density at radius 3 is 2.29 bits per heavy atom. The van der Waals surface area contributed by atoms with Crippen LogP contribution in [-0.2, 0) is 14.3 Å². The lowest BCUT2D eigenvalue weighted by Crippen LogP contribution is -2.30. The molecule has 1 aromatic carbocycles. The van der Waals surface area contributed by atoms with Crippen molar-refractivity contribution in [2.45, 2.75) is 39.7 Å². The standard InChI is InChI=1S/C16H23NO4/c1-4-15(18)17-14(11-16(19)21-6-3)12-7-9-13(10-8-12)20-5-2/h7-10,14H,4-6,11H2,1-3H3,(H,17,18). The minimum absolute atomic E-state index is 0.0989. The first-order valence-electron chi connectivity index (χ1n) is 7.28. The first kappa shape index (κ1) is 17.0. The maximum absolute atomic E-state index is 11.7. The molecule has 0 aliphatic carbocycles. The number of esters is 1. The van der Waals surface area contributed by atoms with Gasteiger partial charge in [0.15, 0.2) is 0 Å². The van der Waals surface area contributed by atoms with Crippen LogP contribution >= 0.6 is 0 Å². The molecule has 5 heteroatoms. The van der Waals surface area contributed by atoms with Gasteiger partial charge in [0.1, 0.15) is 5.75 Å². The highest BCUT2D eigenvalue weighted by molar-refractivity contribution is 5.77. The van der Waals surface area contributed by atoms with E-state index in [1.165, 1.54) is 0 Å². The molecule has 0 saturated heterocycles. The van der Waals surface area contributed by atoms with Gasteiger partial charge in [-0.15, -0.1) is 0 Å². The smallest absolute Gasteiger partial charge is 0.308 e. The Morgan fingerprint density at radius 2 is 1.76 bits per heavy atom. The zero-order valence-electron chi connectivity index (χ0n) is 12.8. The van der Waals surface area contributed by atoms with Crippen molar-refractivity contribution in [3.63, 3.8) is 0 Å². The van der Waals surface area contributed by atoms with Crippen LogP contribution in [0, 0.1) is 0 Å². The fourth-order valence-corrected chi connectivity index (χ4v) is 1.90. The van der Waals surface area contributed by atoms with Gasteiger partial charge in [0, 0.05) is 6.42 Å². The van der Waals surface area contributed by atoms with Crippen molar-refractivity contribution >= 4 is 11.9 Å². The van der Waals surface area contributed by atoms with Gasteiger partial charge in [-0.1, -0.05) is 19.1 Å². The van der Waals surface area contributed by atoms with Crippen LogP contribution in [0.4, 0.5) is 0 Å². The summed E-state index contributed by atoms with van der Waals surface area (Å²) in [6.45, 7) is 6.37. The van der Waals surface area contributed by atoms with Crippen LogP contribution in [0.25, 0.3) is 0 Å². The third kappa shape index (κ3) is 5.85. The summed E-state index contributed by atoms with van der Waals surface area (Å²) < 4.78 is 10.3. The van der Waals surface area contributed by atoms with E-state index >= 15 is 0 Å². The molecule has 0 bridgehead atoms. The molecule has 5 nitrogen and oxygen atoms in total. The largest absolute Gasteiger partial charge is 0.494 e. The second-order valence-electron chi connectivity index (χ2n) is 4.48. The van der Waals surface area contributed by atoms with Gasteiger partial charge in [0.25, 0.3) is 0 Å². The summed E-state index contributed by atoms with van der Waals surface area (Å²) in [4.78, 5) is 23.3. The molecular weight excluding hydrogens is 270 g/mol. The number of hydrogen-bond acceptors (Lipinski definition) is 4. The molecule has 0 aromatic heterocycles. The molecule has 0 saturated carbocycles. The summed E-state index contributed by atoms with van der Waals surface area (Å²) in [6, 6.07) is 6.98. The predicted molar refractivity (Wildman–Crippen MR) is 80.0 cm³/mol. The number of benzene rings is 1. The van der Waals surface area contributed by atoms with Crippen LogP contribution in [0.15, 0.2) is 24.3 Å². The quantitative estimate of drug-likeness (QED) is 0.748. The second-order valence-corrected chi connectivity index (χ2v) is 4.48. The molecule has 0 radical (unpaired) electrons. The summed E-state index contributed by atoms with van der Waals surface area (Å²) in [5.41, 5.74) is 0.855. The highest BCUT2D eigenvalue weighted by Crippen LogP contribution is 2.21. The van der Waals surface area contributed by atoms with Crippen molar-refractivity contribution in [3.05, 3.63) is 29.8 Å². The van der Waals surface area contributed by atoms with Gasteiger partial charge in [-0.3, -0.25) is 9.59 Å². The zero-order valence-corrected chi connectivity index (χ0v) is 12.8. The minimum Gasteiger partial charge on any atom is -0.494 e. The lowest BCUT2D eigenvalue weighted by molar-refractivity contribution is -0.143. The Bertz CT molecular complexity index is 456. The van der Waals surface area contributed by atoms with Crippen LogP contribution < -0.4 is 10.1 Å². The fourth-order valence-electron chi connectivity index (χ4n) is 1.90. The van der Waals surface area contributed by atoms with Gasteiger partial charge in [0.2, 0.25) is 5.91 Å². The molecule has 1 atom stereocenters. The van der Waals surface area contributed by atoms with E-state index < -0.39 is 0 Å². The van der Waals surface area contributed by atoms with Crippen molar-refractivity contribution in [2.24, 2.45) is 0 Å². The number of ether oxygens (including phenoxy) is 2. The van der Waals surface area contributed by atoms with Gasteiger partial charge >= 0.3 is 5.97 Å². The fraction of sp³-hybridized carbons (Fsp3) is 0.500. The van der Waals surface area contributed by atoms with E-state index in [0.717, 1.165) is 11.3 Å². The van der Waals surface area contributed by atoms with E-state index in [1.807, 2.05) is 31.2 Å². The maximum Gasteiger partial charge on any atom is 0.308 e. The van der Waals surface area contributed by atoms with Crippen LogP contribution in [0.5, 0.6) is 5.75 Å². The Morgan fingerprint density at radius 1 is 1.10 bits per heavy atom. The summed E-state index contributed by atoms with van der Waals surface area (Å²) in [6.07, 6.45) is 0.490. The molecule has 1 aromatic rings. The first-order valence-corrected chi connectivity index (χ1v) is 7.28. The van der Waals surface area contributed by atoms with Crippen LogP contribution in [0.1, 0.15) is 45.2 Å². The molecule has 0 spiro atoms. The van der Waals surface area contributed by atoms with E-state index in [9.17, 15) is 9.59 Å². The summed E-state index contributed by atoms with van der Waals surface area (Å²) in [5, 5.41) is 2.84. The van der Waals surface area contributed by atoms with Gasteiger partial charge in [0.05, 0.1) is 25.7 Å². The lowest BCUT2D eigenvalue weighted by atomic mass is 10.0. The number of rotatable bonds is 8. The average Bonchev–Trinajstić information content (AvgIpc) is 2.48. The first-order chi connectivity index (χ1) is 10.1. The lowest BCUT2D eigenvalue weighted by Gasteiger charge is -2.18.